The van der Waals surface area contributed by atoms with Crippen LogP contribution in [0.1, 0.15) is 28.8 Å². The molecule has 0 aliphatic carbocycles. The Morgan fingerprint density at radius 2 is 1.74 bits per heavy atom. The molecule has 0 atom stereocenters. The fourth-order valence-electron chi connectivity index (χ4n) is 1.45. The average Bonchev–Trinajstić information content (AvgIpc) is 2.42. The number of benzene rings is 1. The standard InChI is InChI=1S/C13H18N2O4/c16-8-2-1-7-14-13(19)15-9-10-3-5-11(6-4-10)12(17)18/h3-6,16H,1-2,7-9H2,(H,17,18)(H2,14,15,19). The van der Waals surface area contributed by atoms with Gasteiger partial charge in [0, 0.05) is 19.7 Å². The molecule has 0 aliphatic rings. The van der Waals surface area contributed by atoms with Crippen molar-refractivity contribution in [3.63, 3.8) is 0 Å². The quantitative estimate of drug-likeness (QED) is 0.552. The number of hydrogen-bond acceptors (Lipinski definition) is 3. The normalized spacial score (nSPS) is 9.95. The average molecular weight is 266 g/mol. The summed E-state index contributed by atoms with van der Waals surface area (Å²) in [6.07, 6.45) is 1.40. The van der Waals surface area contributed by atoms with Gasteiger partial charge < -0.3 is 20.8 Å². The summed E-state index contributed by atoms with van der Waals surface area (Å²) in [5.41, 5.74) is 1.05. The molecule has 0 radical (unpaired) electrons. The number of unbranched alkanes of at least 4 members (excludes halogenated alkanes) is 1. The summed E-state index contributed by atoms with van der Waals surface area (Å²) in [7, 11) is 0. The Labute approximate surface area is 111 Å². The molecule has 6 heteroatoms. The summed E-state index contributed by atoms with van der Waals surface area (Å²) in [5.74, 6) is -0.971. The lowest BCUT2D eigenvalue weighted by Crippen LogP contribution is -2.35. The minimum Gasteiger partial charge on any atom is -0.478 e. The van der Waals surface area contributed by atoms with E-state index >= 15 is 0 Å². The van der Waals surface area contributed by atoms with Crippen LogP contribution in [0.2, 0.25) is 0 Å². The first-order valence-electron chi connectivity index (χ1n) is 6.08. The number of carboxylic acids is 1. The van der Waals surface area contributed by atoms with Crippen molar-refractivity contribution >= 4 is 12.0 Å². The Morgan fingerprint density at radius 1 is 1.05 bits per heavy atom. The Bertz CT molecular complexity index is 417. The Morgan fingerprint density at radius 3 is 2.32 bits per heavy atom. The predicted octanol–water partition coefficient (Wildman–Crippen LogP) is 0.956. The third-order valence-corrected chi connectivity index (χ3v) is 2.52. The lowest BCUT2D eigenvalue weighted by molar-refractivity contribution is 0.0697. The van der Waals surface area contributed by atoms with Gasteiger partial charge in [-0.3, -0.25) is 0 Å². The third-order valence-electron chi connectivity index (χ3n) is 2.52. The number of carboxylic acid groups (broad SMARTS) is 1. The predicted molar refractivity (Wildman–Crippen MR) is 70.0 cm³/mol. The number of nitrogens with one attached hydrogen (secondary N) is 2. The van der Waals surface area contributed by atoms with Gasteiger partial charge in [-0.25, -0.2) is 9.59 Å². The van der Waals surface area contributed by atoms with Crippen LogP contribution in [-0.4, -0.2) is 35.4 Å². The minimum absolute atomic E-state index is 0.124. The SMILES string of the molecule is O=C(NCCCCO)NCc1ccc(C(=O)O)cc1. The molecule has 0 spiro atoms. The summed E-state index contributed by atoms with van der Waals surface area (Å²) in [5, 5.41) is 22.6. The van der Waals surface area contributed by atoms with Crippen molar-refractivity contribution in [2.24, 2.45) is 0 Å². The van der Waals surface area contributed by atoms with E-state index in [0.717, 1.165) is 12.0 Å². The van der Waals surface area contributed by atoms with Gasteiger partial charge in [-0.1, -0.05) is 12.1 Å². The van der Waals surface area contributed by atoms with Crippen molar-refractivity contribution in [2.75, 3.05) is 13.2 Å². The van der Waals surface area contributed by atoms with Crippen LogP contribution in [0.5, 0.6) is 0 Å². The first-order valence-corrected chi connectivity index (χ1v) is 6.08. The van der Waals surface area contributed by atoms with Crippen LogP contribution in [0, 0.1) is 0 Å². The molecule has 19 heavy (non-hydrogen) atoms. The van der Waals surface area contributed by atoms with E-state index in [4.69, 9.17) is 10.2 Å². The second-order valence-electron chi connectivity index (χ2n) is 4.04. The molecule has 0 saturated carbocycles. The topological polar surface area (TPSA) is 98.7 Å². The summed E-state index contributed by atoms with van der Waals surface area (Å²) in [4.78, 5) is 22.0. The number of urea groups is 1. The third kappa shape index (κ3) is 5.87. The maximum atomic E-state index is 11.4. The first-order chi connectivity index (χ1) is 9.13. The minimum atomic E-state index is -0.971. The molecule has 0 aliphatic heterocycles. The van der Waals surface area contributed by atoms with Gasteiger partial charge in [0.05, 0.1) is 5.56 Å². The van der Waals surface area contributed by atoms with Gasteiger partial charge >= 0.3 is 12.0 Å². The number of aliphatic hydroxyl groups excluding tert-OH is 1. The largest absolute Gasteiger partial charge is 0.478 e. The second kappa shape index (κ2) is 8.10. The highest BCUT2D eigenvalue weighted by Crippen LogP contribution is 2.04. The van der Waals surface area contributed by atoms with E-state index in [-0.39, 0.29) is 18.2 Å². The van der Waals surface area contributed by atoms with E-state index in [1.54, 1.807) is 12.1 Å². The first kappa shape index (κ1) is 15.0. The van der Waals surface area contributed by atoms with E-state index in [1.165, 1.54) is 12.1 Å². The molecule has 2 amide bonds. The maximum Gasteiger partial charge on any atom is 0.335 e. The summed E-state index contributed by atoms with van der Waals surface area (Å²) in [6.45, 7) is 0.981. The summed E-state index contributed by atoms with van der Waals surface area (Å²) < 4.78 is 0. The number of amides is 2. The van der Waals surface area contributed by atoms with E-state index in [2.05, 4.69) is 10.6 Å². The molecule has 0 heterocycles. The molecular formula is C13H18N2O4. The van der Waals surface area contributed by atoms with Crippen molar-refractivity contribution in [3.8, 4) is 0 Å². The van der Waals surface area contributed by atoms with Crippen molar-refractivity contribution < 1.29 is 19.8 Å². The number of aromatic carboxylic acids is 1. The zero-order valence-electron chi connectivity index (χ0n) is 10.6. The molecule has 0 bridgehead atoms. The number of aliphatic hydroxyl groups is 1. The molecule has 1 aromatic carbocycles. The van der Waals surface area contributed by atoms with Crippen molar-refractivity contribution in [3.05, 3.63) is 35.4 Å². The zero-order chi connectivity index (χ0) is 14.1. The monoisotopic (exact) mass is 266 g/mol. The molecule has 0 fully saturated rings. The van der Waals surface area contributed by atoms with E-state index in [1.807, 2.05) is 0 Å². The van der Waals surface area contributed by atoms with Gasteiger partial charge in [-0.05, 0) is 30.5 Å². The smallest absolute Gasteiger partial charge is 0.335 e. The fourth-order valence-corrected chi connectivity index (χ4v) is 1.45. The molecule has 104 valence electrons. The molecular weight excluding hydrogens is 248 g/mol. The number of carbonyl (C=O) groups excluding carboxylic acids is 1. The summed E-state index contributed by atoms with van der Waals surface area (Å²) in [6, 6.07) is 6.04. The molecule has 0 unspecified atom stereocenters. The van der Waals surface area contributed by atoms with Crippen LogP contribution in [0.3, 0.4) is 0 Å². The number of hydrogen-bond donors (Lipinski definition) is 4. The van der Waals surface area contributed by atoms with Crippen molar-refractivity contribution in [1.29, 1.82) is 0 Å². The zero-order valence-corrected chi connectivity index (χ0v) is 10.6. The highest BCUT2D eigenvalue weighted by atomic mass is 16.4. The van der Waals surface area contributed by atoms with E-state index in [0.29, 0.717) is 19.5 Å². The molecule has 6 nitrogen and oxygen atoms in total. The highest BCUT2D eigenvalue weighted by molar-refractivity contribution is 5.87. The van der Waals surface area contributed by atoms with Gasteiger partial charge in [-0.2, -0.15) is 0 Å². The second-order valence-corrected chi connectivity index (χ2v) is 4.04. The Balaban J connectivity index is 2.28. The van der Waals surface area contributed by atoms with Gasteiger partial charge in [0.2, 0.25) is 0 Å². The van der Waals surface area contributed by atoms with Crippen LogP contribution in [0.25, 0.3) is 0 Å². The molecule has 1 aromatic rings. The van der Waals surface area contributed by atoms with Gasteiger partial charge in [0.15, 0.2) is 0 Å². The van der Waals surface area contributed by atoms with Crippen LogP contribution in [0.4, 0.5) is 4.79 Å². The van der Waals surface area contributed by atoms with Crippen LogP contribution < -0.4 is 10.6 Å². The number of rotatable bonds is 7. The molecule has 0 aromatic heterocycles. The molecule has 0 saturated heterocycles. The fraction of sp³-hybridized carbons (Fsp3) is 0.385. The van der Waals surface area contributed by atoms with Crippen LogP contribution in [-0.2, 0) is 6.54 Å². The maximum absolute atomic E-state index is 11.4. The van der Waals surface area contributed by atoms with E-state index in [9.17, 15) is 9.59 Å². The van der Waals surface area contributed by atoms with Gasteiger partial charge in [0.25, 0.3) is 0 Å². The van der Waals surface area contributed by atoms with Gasteiger partial charge in [-0.15, -0.1) is 0 Å². The van der Waals surface area contributed by atoms with Crippen molar-refractivity contribution in [1.82, 2.24) is 10.6 Å². The summed E-state index contributed by atoms with van der Waals surface area (Å²) >= 11 is 0. The lowest BCUT2D eigenvalue weighted by atomic mass is 10.1. The van der Waals surface area contributed by atoms with E-state index < -0.39 is 5.97 Å². The van der Waals surface area contributed by atoms with Crippen LogP contribution >= 0.6 is 0 Å². The molecule has 4 N–H and O–H groups in total. The highest BCUT2D eigenvalue weighted by Gasteiger charge is 2.03. The Kier molecular flexibility index (Phi) is 6.38. The number of carbonyl (C=O) groups is 2. The van der Waals surface area contributed by atoms with Gasteiger partial charge in [0.1, 0.15) is 0 Å². The molecule has 1 rings (SSSR count). The lowest BCUT2D eigenvalue weighted by Gasteiger charge is -2.07. The van der Waals surface area contributed by atoms with Crippen LogP contribution in [0.15, 0.2) is 24.3 Å². The Hall–Kier alpha value is -2.08. The van der Waals surface area contributed by atoms with Crippen molar-refractivity contribution in [2.45, 2.75) is 19.4 Å².